The Hall–Kier alpha value is -1.46. The molecule has 0 spiro atoms. The first-order valence-corrected chi connectivity index (χ1v) is 6.56. The van der Waals surface area contributed by atoms with Gasteiger partial charge >= 0.3 is 0 Å². The largest absolute Gasteiger partial charge is 0.377 e. The summed E-state index contributed by atoms with van der Waals surface area (Å²) >= 11 is 3.30. The number of hydrogen-bond donors (Lipinski definition) is 2. The first-order valence-electron chi connectivity index (χ1n) is 5.77. The van der Waals surface area contributed by atoms with E-state index in [1.807, 2.05) is 0 Å². The molecule has 0 saturated carbocycles. The van der Waals surface area contributed by atoms with Crippen LogP contribution in [0.2, 0.25) is 0 Å². The second-order valence-electron chi connectivity index (χ2n) is 4.11. The molecular formula is C14H13BrF2N2. The molecule has 0 aliphatic carbocycles. The summed E-state index contributed by atoms with van der Waals surface area (Å²) in [6, 6.07) is 10.2. The van der Waals surface area contributed by atoms with E-state index in [4.69, 9.17) is 5.73 Å². The molecule has 0 fully saturated rings. The van der Waals surface area contributed by atoms with E-state index in [9.17, 15) is 8.78 Å². The van der Waals surface area contributed by atoms with Gasteiger partial charge < -0.3 is 11.1 Å². The van der Waals surface area contributed by atoms with Gasteiger partial charge in [-0.3, -0.25) is 0 Å². The van der Waals surface area contributed by atoms with Gasteiger partial charge in [0.15, 0.2) is 0 Å². The predicted octanol–water partition coefficient (Wildman–Crippen LogP) is 3.84. The molecule has 0 heterocycles. The topological polar surface area (TPSA) is 38.0 Å². The molecule has 0 aromatic heterocycles. The molecular weight excluding hydrogens is 314 g/mol. The molecule has 5 heteroatoms. The van der Waals surface area contributed by atoms with Crippen LogP contribution in [0, 0.1) is 11.6 Å². The Bertz CT molecular complexity index is 558. The van der Waals surface area contributed by atoms with Crippen LogP contribution in [0.1, 0.15) is 11.6 Å². The van der Waals surface area contributed by atoms with Gasteiger partial charge in [-0.15, -0.1) is 0 Å². The zero-order chi connectivity index (χ0) is 13.8. The van der Waals surface area contributed by atoms with Gasteiger partial charge in [0.25, 0.3) is 0 Å². The van der Waals surface area contributed by atoms with Crippen LogP contribution in [0.5, 0.6) is 0 Å². The van der Waals surface area contributed by atoms with E-state index in [1.165, 1.54) is 18.2 Å². The highest BCUT2D eigenvalue weighted by atomic mass is 79.9. The Morgan fingerprint density at radius 1 is 1.11 bits per heavy atom. The lowest BCUT2D eigenvalue weighted by molar-refractivity contribution is 0.593. The van der Waals surface area contributed by atoms with Crippen LogP contribution in [0.15, 0.2) is 46.9 Å². The van der Waals surface area contributed by atoms with Crippen LogP contribution in [-0.2, 0) is 0 Å². The van der Waals surface area contributed by atoms with E-state index in [-0.39, 0.29) is 24.2 Å². The van der Waals surface area contributed by atoms with Crippen molar-refractivity contribution in [2.75, 3.05) is 11.9 Å². The first kappa shape index (κ1) is 14.0. The molecule has 2 aromatic rings. The molecule has 0 aliphatic rings. The van der Waals surface area contributed by atoms with Crippen molar-refractivity contribution in [3.63, 3.8) is 0 Å². The highest BCUT2D eigenvalue weighted by Crippen LogP contribution is 2.24. The molecule has 0 bridgehead atoms. The molecule has 3 N–H and O–H groups in total. The van der Waals surface area contributed by atoms with Gasteiger partial charge in [0.1, 0.15) is 11.6 Å². The van der Waals surface area contributed by atoms with Gasteiger partial charge in [-0.25, -0.2) is 8.78 Å². The number of nitrogens with one attached hydrogen (secondary N) is 1. The maximum Gasteiger partial charge on any atom is 0.128 e. The van der Waals surface area contributed by atoms with Crippen molar-refractivity contribution in [1.29, 1.82) is 0 Å². The van der Waals surface area contributed by atoms with Crippen molar-refractivity contribution in [3.05, 3.63) is 64.1 Å². The number of anilines is 1. The molecule has 19 heavy (non-hydrogen) atoms. The zero-order valence-electron chi connectivity index (χ0n) is 10.0. The Kier molecular flexibility index (Phi) is 4.50. The Labute approximate surface area is 118 Å². The third kappa shape index (κ3) is 3.52. The quantitative estimate of drug-likeness (QED) is 0.895. The van der Waals surface area contributed by atoms with E-state index < -0.39 is 0 Å². The van der Waals surface area contributed by atoms with Crippen LogP contribution in [0.4, 0.5) is 14.5 Å². The summed E-state index contributed by atoms with van der Waals surface area (Å²) in [6.45, 7) is 0.227. The molecule has 1 unspecified atom stereocenters. The van der Waals surface area contributed by atoms with E-state index in [0.29, 0.717) is 11.3 Å². The second-order valence-corrected chi connectivity index (χ2v) is 5.02. The Balaban J connectivity index is 2.24. The number of nitrogens with two attached hydrogens (primary N) is 1. The third-order valence-electron chi connectivity index (χ3n) is 2.75. The van der Waals surface area contributed by atoms with Gasteiger partial charge in [0.2, 0.25) is 0 Å². The summed E-state index contributed by atoms with van der Waals surface area (Å²) in [4.78, 5) is 0. The van der Waals surface area contributed by atoms with Crippen molar-refractivity contribution in [2.45, 2.75) is 6.04 Å². The summed E-state index contributed by atoms with van der Waals surface area (Å²) in [5.74, 6) is -0.642. The lowest BCUT2D eigenvalue weighted by Crippen LogP contribution is -2.21. The van der Waals surface area contributed by atoms with Crippen LogP contribution in [-0.4, -0.2) is 6.54 Å². The minimum atomic E-state index is -0.372. The second kappa shape index (κ2) is 6.12. The van der Waals surface area contributed by atoms with E-state index in [0.717, 1.165) is 4.47 Å². The summed E-state index contributed by atoms with van der Waals surface area (Å²) in [6.07, 6.45) is 0. The molecule has 100 valence electrons. The molecule has 0 aliphatic heterocycles. The molecule has 1 atom stereocenters. The Morgan fingerprint density at radius 3 is 2.42 bits per heavy atom. The smallest absolute Gasteiger partial charge is 0.128 e. The minimum absolute atomic E-state index is 0.227. The van der Waals surface area contributed by atoms with Crippen LogP contribution < -0.4 is 11.1 Å². The van der Waals surface area contributed by atoms with Crippen molar-refractivity contribution >= 4 is 21.6 Å². The van der Waals surface area contributed by atoms with Crippen molar-refractivity contribution < 1.29 is 8.78 Å². The maximum absolute atomic E-state index is 13.8. The molecule has 0 saturated heterocycles. The average Bonchev–Trinajstić information content (AvgIpc) is 2.41. The number of benzene rings is 2. The van der Waals surface area contributed by atoms with Gasteiger partial charge in [-0.1, -0.05) is 15.9 Å². The lowest BCUT2D eigenvalue weighted by Gasteiger charge is -2.19. The average molecular weight is 327 g/mol. The van der Waals surface area contributed by atoms with Gasteiger partial charge in [-0.2, -0.15) is 0 Å². The highest BCUT2D eigenvalue weighted by molar-refractivity contribution is 9.10. The fraction of sp³-hybridized carbons (Fsp3) is 0.143. The standard InChI is InChI=1S/C14H13BrF2N2/c15-9-1-6-13(17)12(7-9)14(8-18)19-11-4-2-10(16)3-5-11/h1-7,14,19H,8,18H2. The van der Waals surface area contributed by atoms with Gasteiger partial charge in [0.05, 0.1) is 6.04 Å². The number of halogens is 3. The SMILES string of the molecule is NCC(Nc1ccc(F)cc1)c1cc(Br)ccc1F. The lowest BCUT2D eigenvalue weighted by atomic mass is 10.1. The summed E-state index contributed by atoms with van der Waals surface area (Å²) < 4.78 is 27.4. The first-order chi connectivity index (χ1) is 9.10. The maximum atomic E-state index is 13.8. The van der Waals surface area contributed by atoms with Gasteiger partial charge in [0, 0.05) is 22.3 Å². The zero-order valence-corrected chi connectivity index (χ0v) is 11.6. The molecule has 0 amide bonds. The number of rotatable bonds is 4. The summed E-state index contributed by atoms with van der Waals surface area (Å²) in [5, 5.41) is 3.09. The van der Waals surface area contributed by atoms with E-state index in [2.05, 4.69) is 21.2 Å². The van der Waals surface area contributed by atoms with Crippen molar-refractivity contribution in [3.8, 4) is 0 Å². The molecule has 2 rings (SSSR count). The normalized spacial score (nSPS) is 12.2. The molecule has 2 nitrogen and oxygen atoms in total. The minimum Gasteiger partial charge on any atom is -0.377 e. The van der Waals surface area contributed by atoms with Crippen LogP contribution in [0.25, 0.3) is 0 Å². The Morgan fingerprint density at radius 2 is 1.79 bits per heavy atom. The molecule has 2 aromatic carbocycles. The predicted molar refractivity (Wildman–Crippen MR) is 75.9 cm³/mol. The fourth-order valence-corrected chi connectivity index (χ4v) is 2.17. The van der Waals surface area contributed by atoms with E-state index >= 15 is 0 Å². The summed E-state index contributed by atoms with van der Waals surface area (Å²) in [5.41, 5.74) is 6.85. The fourth-order valence-electron chi connectivity index (χ4n) is 1.79. The number of hydrogen-bond acceptors (Lipinski definition) is 2. The van der Waals surface area contributed by atoms with Crippen molar-refractivity contribution in [2.24, 2.45) is 5.73 Å². The summed E-state index contributed by atoms with van der Waals surface area (Å²) in [7, 11) is 0. The van der Waals surface area contributed by atoms with Crippen LogP contribution >= 0.6 is 15.9 Å². The van der Waals surface area contributed by atoms with Crippen LogP contribution in [0.3, 0.4) is 0 Å². The molecule has 0 radical (unpaired) electrons. The van der Waals surface area contributed by atoms with E-state index in [1.54, 1.807) is 24.3 Å². The van der Waals surface area contributed by atoms with Gasteiger partial charge in [-0.05, 0) is 42.5 Å². The highest BCUT2D eigenvalue weighted by Gasteiger charge is 2.14. The third-order valence-corrected chi connectivity index (χ3v) is 3.25. The van der Waals surface area contributed by atoms with Crippen molar-refractivity contribution in [1.82, 2.24) is 0 Å². The monoisotopic (exact) mass is 326 g/mol.